The van der Waals surface area contributed by atoms with Crippen LogP contribution >= 0.6 is 0 Å². The van der Waals surface area contributed by atoms with Crippen LogP contribution in [0.3, 0.4) is 0 Å². The average molecular weight is 398 g/mol. The van der Waals surface area contributed by atoms with E-state index in [9.17, 15) is 18.0 Å². The van der Waals surface area contributed by atoms with E-state index in [1.807, 2.05) is 19.0 Å². The van der Waals surface area contributed by atoms with E-state index in [0.29, 0.717) is 18.1 Å². The van der Waals surface area contributed by atoms with Crippen molar-refractivity contribution in [2.45, 2.75) is 13.3 Å². The zero-order chi connectivity index (χ0) is 20.7. The van der Waals surface area contributed by atoms with Crippen LogP contribution < -0.4 is 20.7 Å². The first kappa shape index (κ1) is 21.2. The molecule has 0 radical (unpaired) electrons. The molecule has 8 nitrogen and oxygen atoms in total. The Labute approximate surface area is 160 Å². The number of aryl methyl sites for hydroxylation is 1. The first-order valence-electron chi connectivity index (χ1n) is 8.29. The Morgan fingerprint density at radius 3 is 2.43 bits per heavy atom. The number of carbonyl (C=O) groups excluding carboxylic acids is 1. The summed E-state index contributed by atoms with van der Waals surface area (Å²) in [6.45, 7) is 3.24. The van der Waals surface area contributed by atoms with Crippen LogP contribution in [0.1, 0.15) is 5.69 Å². The number of hydrogen-bond donors (Lipinski definition) is 3. The van der Waals surface area contributed by atoms with E-state index >= 15 is 0 Å². The second-order valence-electron chi connectivity index (χ2n) is 6.10. The number of amides is 2. The highest BCUT2D eigenvalue weighted by Gasteiger charge is 2.30. The van der Waals surface area contributed by atoms with Gasteiger partial charge in [-0.3, -0.25) is 5.32 Å². The molecule has 0 unspecified atom stereocenters. The van der Waals surface area contributed by atoms with Gasteiger partial charge in [-0.05, 0) is 45.3 Å². The van der Waals surface area contributed by atoms with Crippen molar-refractivity contribution >= 4 is 23.5 Å². The van der Waals surface area contributed by atoms with E-state index in [1.54, 1.807) is 13.0 Å². The Hall–Kier alpha value is -3.08. The number of ether oxygens (including phenoxy) is 1. The molecule has 11 heteroatoms. The molecule has 3 N–H and O–H groups in total. The molecule has 0 spiro atoms. The lowest BCUT2D eigenvalue weighted by atomic mass is 10.3. The number of urea groups is 1. The quantitative estimate of drug-likeness (QED) is 0.663. The smallest absolute Gasteiger partial charge is 0.406 e. The van der Waals surface area contributed by atoms with Crippen molar-refractivity contribution in [3.8, 4) is 5.75 Å². The van der Waals surface area contributed by atoms with Gasteiger partial charge in [0.2, 0.25) is 5.95 Å². The Morgan fingerprint density at radius 2 is 1.82 bits per heavy atom. The van der Waals surface area contributed by atoms with Crippen LogP contribution in [0.25, 0.3) is 0 Å². The number of halogens is 3. The predicted octanol–water partition coefficient (Wildman–Crippen LogP) is 3.30. The van der Waals surface area contributed by atoms with E-state index < -0.39 is 12.4 Å². The Kier molecular flexibility index (Phi) is 6.99. The van der Waals surface area contributed by atoms with Crippen molar-refractivity contribution in [2.24, 2.45) is 0 Å². The van der Waals surface area contributed by atoms with Gasteiger partial charge in [0.05, 0.1) is 0 Å². The zero-order valence-corrected chi connectivity index (χ0v) is 15.6. The second kappa shape index (κ2) is 9.22. The second-order valence-corrected chi connectivity index (χ2v) is 6.10. The molecule has 2 rings (SSSR count). The molecule has 0 aliphatic rings. The lowest BCUT2D eigenvalue weighted by molar-refractivity contribution is -0.274. The van der Waals surface area contributed by atoms with Gasteiger partial charge in [-0.15, -0.1) is 13.2 Å². The predicted molar refractivity (Wildman–Crippen MR) is 99.6 cm³/mol. The maximum atomic E-state index is 12.2. The highest BCUT2D eigenvalue weighted by Crippen LogP contribution is 2.24. The molecule has 1 aromatic carbocycles. The fraction of sp³-hybridized carbons (Fsp3) is 0.353. The molecule has 0 fully saturated rings. The SMILES string of the molecule is Cc1cc(NCCN(C)C)nc(NC(=O)Nc2ccc(OC(F)(F)F)cc2)n1. The molecule has 0 aliphatic carbocycles. The standard InChI is InChI=1S/C17H21F3N6O2/c1-11-10-14(21-8-9-26(2)3)24-15(22-11)25-16(27)23-12-4-6-13(7-5-12)28-17(18,19)20/h4-7,10H,8-9H2,1-3H3,(H3,21,22,23,24,25,27). The summed E-state index contributed by atoms with van der Waals surface area (Å²) in [6.07, 6.45) is -4.77. The number of benzene rings is 1. The van der Waals surface area contributed by atoms with Crippen LogP contribution in [0.2, 0.25) is 0 Å². The average Bonchev–Trinajstić information content (AvgIpc) is 2.54. The van der Waals surface area contributed by atoms with Crippen molar-refractivity contribution in [1.29, 1.82) is 0 Å². The van der Waals surface area contributed by atoms with Crippen molar-refractivity contribution in [3.63, 3.8) is 0 Å². The number of nitrogens with one attached hydrogen (secondary N) is 3. The van der Waals surface area contributed by atoms with Crippen LogP contribution in [0.15, 0.2) is 30.3 Å². The summed E-state index contributed by atoms with van der Waals surface area (Å²) in [7, 11) is 3.90. The summed E-state index contributed by atoms with van der Waals surface area (Å²) in [5.41, 5.74) is 0.940. The van der Waals surface area contributed by atoms with Gasteiger partial charge in [-0.2, -0.15) is 4.98 Å². The summed E-state index contributed by atoms with van der Waals surface area (Å²) >= 11 is 0. The number of likely N-dealkylation sites (N-methyl/N-ethyl adjacent to an activating group) is 1. The fourth-order valence-electron chi connectivity index (χ4n) is 2.13. The first-order chi connectivity index (χ1) is 13.1. The van der Waals surface area contributed by atoms with Crippen LogP contribution in [0.4, 0.5) is 35.4 Å². The number of aromatic nitrogens is 2. The molecule has 0 atom stereocenters. The molecule has 1 heterocycles. The summed E-state index contributed by atoms with van der Waals surface area (Å²) in [6, 6.07) is 5.88. The lowest BCUT2D eigenvalue weighted by Crippen LogP contribution is -2.23. The minimum absolute atomic E-state index is 0.0990. The molecule has 152 valence electrons. The summed E-state index contributed by atoms with van der Waals surface area (Å²) < 4.78 is 40.2. The van der Waals surface area contributed by atoms with Gasteiger partial charge in [0, 0.05) is 30.5 Å². The molecular weight excluding hydrogens is 377 g/mol. The number of rotatable bonds is 7. The van der Waals surface area contributed by atoms with E-state index in [2.05, 4.69) is 30.7 Å². The third-order valence-corrected chi connectivity index (χ3v) is 3.29. The van der Waals surface area contributed by atoms with Gasteiger partial charge >= 0.3 is 12.4 Å². The van der Waals surface area contributed by atoms with E-state index in [1.165, 1.54) is 12.1 Å². The van der Waals surface area contributed by atoms with Crippen molar-refractivity contribution in [2.75, 3.05) is 43.1 Å². The lowest BCUT2D eigenvalue weighted by Gasteiger charge is -2.12. The molecule has 2 amide bonds. The number of alkyl halides is 3. The van der Waals surface area contributed by atoms with E-state index in [-0.39, 0.29) is 17.4 Å². The van der Waals surface area contributed by atoms with Gasteiger partial charge in [0.1, 0.15) is 11.6 Å². The molecule has 28 heavy (non-hydrogen) atoms. The van der Waals surface area contributed by atoms with E-state index in [0.717, 1.165) is 18.7 Å². The van der Waals surface area contributed by atoms with Gasteiger partial charge in [-0.25, -0.2) is 9.78 Å². The molecule has 2 aromatic rings. The fourth-order valence-corrected chi connectivity index (χ4v) is 2.13. The topological polar surface area (TPSA) is 91.4 Å². The molecule has 0 saturated carbocycles. The minimum atomic E-state index is -4.77. The number of carbonyl (C=O) groups is 1. The summed E-state index contributed by atoms with van der Waals surface area (Å²) in [5.74, 6) is 0.286. The third-order valence-electron chi connectivity index (χ3n) is 3.29. The normalized spacial score (nSPS) is 11.2. The highest BCUT2D eigenvalue weighted by atomic mass is 19.4. The molecule has 0 bridgehead atoms. The van der Waals surface area contributed by atoms with Crippen molar-refractivity contribution in [3.05, 3.63) is 36.0 Å². The van der Waals surface area contributed by atoms with Crippen LogP contribution in [-0.2, 0) is 0 Å². The molecule has 0 aliphatic heterocycles. The summed E-state index contributed by atoms with van der Waals surface area (Å²) in [5, 5.41) is 8.11. The van der Waals surface area contributed by atoms with Gasteiger partial charge in [0.25, 0.3) is 0 Å². The minimum Gasteiger partial charge on any atom is -0.406 e. The maximum Gasteiger partial charge on any atom is 0.573 e. The third kappa shape index (κ3) is 7.66. The van der Waals surface area contributed by atoms with Crippen molar-refractivity contribution in [1.82, 2.24) is 14.9 Å². The van der Waals surface area contributed by atoms with E-state index in [4.69, 9.17) is 0 Å². The number of hydrogen-bond acceptors (Lipinski definition) is 6. The highest BCUT2D eigenvalue weighted by molar-refractivity contribution is 5.98. The van der Waals surface area contributed by atoms with Gasteiger partial charge in [-0.1, -0.05) is 0 Å². The van der Waals surface area contributed by atoms with Crippen LogP contribution in [0.5, 0.6) is 5.75 Å². The van der Waals surface area contributed by atoms with Crippen LogP contribution in [-0.4, -0.2) is 54.4 Å². The number of anilines is 3. The van der Waals surface area contributed by atoms with Gasteiger partial charge in [0.15, 0.2) is 0 Å². The van der Waals surface area contributed by atoms with Gasteiger partial charge < -0.3 is 20.3 Å². The number of nitrogens with zero attached hydrogens (tertiary/aromatic N) is 3. The maximum absolute atomic E-state index is 12.2. The van der Waals surface area contributed by atoms with Crippen LogP contribution in [0, 0.1) is 6.92 Å². The Morgan fingerprint density at radius 1 is 1.14 bits per heavy atom. The van der Waals surface area contributed by atoms with Crippen molar-refractivity contribution < 1.29 is 22.7 Å². The molecule has 0 saturated heterocycles. The first-order valence-corrected chi connectivity index (χ1v) is 8.29. The Bertz CT molecular complexity index is 796. The zero-order valence-electron chi connectivity index (χ0n) is 15.6. The largest absolute Gasteiger partial charge is 0.573 e. The molecular formula is C17H21F3N6O2. The summed E-state index contributed by atoms with van der Waals surface area (Å²) in [4.78, 5) is 22.4. The Balaban J connectivity index is 1.94. The molecule has 1 aromatic heterocycles. The monoisotopic (exact) mass is 398 g/mol.